The van der Waals surface area contributed by atoms with Gasteiger partial charge < -0.3 is 10.1 Å². The van der Waals surface area contributed by atoms with Crippen molar-refractivity contribution in [3.05, 3.63) is 23.8 Å². The van der Waals surface area contributed by atoms with Gasteiger partial charge in [-0.3, -0.25) is 0 Å². The summed E-state index contributed by atoms with van der Waals surface area (Å²) in [6, 6.07) is 5.79. The van der Waals surface area contributed by atoms with Gasteiger partial charge in [0.1, 0.15) is 5.75 Å². The Labute approximate surface area is 85.3 Å². The van der Waals surface area contributed by atoms with E-state index in [9.17, 15) is 0 Å². The molecule has 14 heavy (non-hydrogen) atoms. The van der Waals surface area contributed by atoms with Crippen molar-refractivity contribution < 1.29 is 4.74 Å². The van der Waals surface area contributed by atoms with Crippen LogP contribution in [-0.2, 0) is 0 Å². The fourth-order valence-corrected chi connectivity index (χ4v) is 1.24. The second kappa shape index (κ2) is 5.18. The molecule has 0 fully saturated rings. The van der Waals surface area contributed by atoms with E-state index in [1.165, 1.54) is 0 Å². The SMILES string of the molecule is C#Cc1cc(NCC)ccc1OCC. The first-order chi connectivity index (χ1) is 6.81. The maximum atomic E-state index is 5.39. The second-order valence-corrected chi connectivity index (χ2v) is 2.82. The van der Waals surface area contributed by atoms with Crippen LogP contribution in [0.4, 0.5) is 5.69 Å². The predicted molar refractivity (Wildman–Crippen MR) is 59.7 cm³/mol. The first-order valence-corrected chi connectivity index (χ1v) is 4.79. The summed E-state index contributed by atoms with van der Waals surface area (Å²) in [6.45, 7) is 5.51. The smallest absolute Gasteiger partial charge is 0.135 e. The van der Waals surface area contributed by atoms with Gasteiger partial charge in [0.25, 0.3) is 0 Å². The Bertz CT molecular complexity index is 339. The molecule has 1 rings (SSSR count). The summed E-state index contributed by atoms with van der Waals surface area (Å²) in [6.07, 6.45) is 5.39. The summed E-state index contributed by atoms with van der Waals surface area (Å²) in [5.74, 6) is 3.39. The van der Waals surface area contributed by atoms with Crippen LogP contribution in [0.25, 0.3) is 0 Å². The fourth-order valence-electron chi connectivity index (χ4n) is 1.24. The highest BCUT2D eigenvalue weighted by atomic mass is 16.5. The van der Waals surface area contributed by atoms with E-state index in [0.29, 0.717) is 6.61 Å². The lowest BCUT2D eigenvalue weighted by Gasteiger charge is -2.08. The average Bonchev–Trinajstić information content (AvgIpc) is 2.21. The van der Waals surface area contributed by atoms with E-state index in [1.54, 1.807) is 0 Å². The normalized spacial score (nSPS) is 9.21. The van der Waals surface area contributed by atoms with Crippen molar-refractivity contribution in [2.45, 2.75) is 13.8 Å². The Morgan fingerprint density at radius 1 is 1.43 bits per heavy atom. The molecule has 1 aromatic rings. The summed E-state index contributed by atoms with van der Waals surface area (Å²) in [4.78, 5) is 0. The molecule has 1 N–H and O–H groups in total. The molecule has 0 spiro atoms. The Morgan fingerprint density at radius 2 is 2.21 bits per heavy atom. The highest BCUT2D eigenvalue weighted by Gasteiger charge is 2.01. The third-order valence-electron chi connectivity index (χ3n) is 1.82. The minimum Gasteiger partial charge on any atom is -0.493 e. The van der Waals surface area contributed by atoms with Crippen LogP contribution in [-0.4, -0.2) is 13.2 Å². The van der Waals surface area contributed by atoms with Gasteiger partial charge in [0.05, 0.1) is 12.2 Å². The molecule has 0 aliphatic heterocycles. The van der Waals surface area contributed by atoms with Gasteiger partial charge in [-0.1, -0.05) is 5.92 Å². The summed E-state index contributed by atoms with van der Waals surface area (Å²) < 4.78 is 5.39. The molecule has 2 nitrogen and oxygen atoms in total. The number of ether oxygens (including phenoxy) is 1. The number of rotatable bonds is 4. The van der Waals surface area contributed by atoms with Crippen molar-refractivity contribution in [1.29, 1.82) is 0 Å². The fraction of sp³-hybridized carbons (Fsp3) is 0.333. The molecule has 0 heterocycles. The van der Waals surface area contributed by atoms with E-state index in [2.05, 4.69) is 11.2 Å². The summed E-state index contributed by atoms with van der Waals surface area (Å²) >= 11 is 0. The lowest BCUT2D eigenvalue weighted by Crippen LogP contribution is -1.99. The summed E-state index contributed by atoms with van der Waals surface area (Å²) in [7, 11) is 0. The van der Waals surface area contributed by atoms with Gasteiger partial charge in [0.2, 0.25) is 0 Å². The molecule has 0 aromatic heterocycles. The Balaban J connectivity index is 2.94. The van der Waals surface area contributed by atoms with Crippen molar-refractivity contribution in [2.75, 3.05) is 18.5 Å². The third-order valence-corrected chi connectivity index (χ3v) is 1.82. The standard InChI is InChI=1S/C12H15NO/c1-4-10-9-11(13-5-2)7-8-12(10)14-6-3/h1,7-9,13H,5-6H2,2-3H3. The van der Waals surface area contributed by atoms with Crippen LogP contribution in [0.15, 0.2) is 18.2 Å². The first kappa shape index (κ1) is 10.5. The summed E-state index contributed by atoms with van der Waals surface area (Å²) in [5.41, 5.74) is 1.83. The molecule has 1 aromatic carbocycles. The Hall–Kier alpha value is -1.62. The topological polar surface area (TPSA) is 21.3 Å². The van der Waals surface area contributed by atoms with E-state index < -0.39 is 0 Å². The van der Waals surface area contributed by atoms with Crippen LogP contribution in [0.2, 0.25) is 0 Å². The quantitative estimate of drug-likeness (QED) is 0.735. The van der Waals surface area contributed by atoms with Crippen LogP contribution in [0, 0.1) is 12.3 Å². The van der Waals surface area contributed by atoms with E-state index in [0.717, 1.165) is 23.5 Å². The zero-order valence-electron chi connectivity index (χ0n) is 8.63. The van der Waals surface area contributed by atoms with Crippen molar-refractivity contribution in [2.24, 2.45) is 0 Å². The maximum Gasteiger partial charge on any atom is 0.135 e. The van der Waals surface area contributed by atoms with E-state index in [4.69, 9.17) is 11.2 Å². The zero-order chi connectivity index (χ0) is 10.4. The first-order valence-electron chi connectivity index (χ1n) is 4.79. The molecule has 0 unspecified atom stereocenters. The molecular weight excluding hydrogens is 174 g/mol. The van der Waals surface area contributed by atoms with E-state index >= 15 is 0 Å². The number of benzene rings is 1. The average molecular weight is 189 g/mol. The molecule has 0 aliphatic carbocycles. The number of hydrogen-bond donors (Lipinski definition) is 1. The number of terminal acetylenes is 1. The van der Waals surface area contributed by atoms with Crippen molar-refractivity contribution >= 4 is 5.69 Å². The molecule has 0 atom stereocenters. The largest absolute Gasteiger partial charge is 0.493 e. The minimum absolute atomic E-state index is 0.634. The minimum atomic E-state index is 0.634. The predicted octanol–water partition coefficient (Wildman–Crippen LogP) is 2.50. The van der Waals surface area contributed by atoms with Crippen LogP contribution in [0.3, 0.4) is 0 Å². The summed E-state index contributed by atoms with van der Waals surface area (Å²) in [5, 5.41) is 3.20. The van der Waals surface area contributed by atoms with Crippen molar-refractivity contribution in [3.63, 3.8) is 0 Å². The van der Waals surface area contributed by atoms with Gasteiger partial charge in [-0.15, -0.1) is 6.42 Å². The molecule has 2 heteroatoms. The molecular formula is C12H15NO. The molecule has 0 bridgehead atoms. The van der Waals surface area contributed by atoms with Crippen LogP contribution in [0.5, 0.6) is 5.75 Å². The molecule has 0 aliphatic rings. The number of anilines is 1. The van der Waals surface area contributed by atoms with Gasteiger partial charge in [0, 0.05) is 12.2 Å². The molecule has 0 amide bonds. The molecule has 74 valence electrons. The molecule has 0 radical (unpaired) electrons. The van der Waals surface area contributed by atoms with Gasteiger partial charge in [-0.05, 0) is 32.0 Å². The second-order valence-electron chi connectivity index (χ2n) is 2.82. The number of nitrogens with one attached hydrogen (secondary N) is 1. The van der Waals surface area contributed by atoms with Crippen molar-refractivity contribution in [3.8, 4) is 18.1 Å². The van der Waals surface area contributed by atoms with Crippen LogP contribution < -0.4 is 10.1 Å². The van der Waals surface area contributed by atoms with Crippen molar-refractivity contribution in [1.82, 2.24) is 0 Å². The Kier molecular flexibility index (Phi) is 3.87. The molecule has 0 saturated heterocycles. The van der Waals surface area contributed by atoms with Gasteiger partial charge in [-0.2, -0.15) is 0 Å². The van der Waals surface area contributed by atoms with Gasteiger partial charge in [0.15, 0.2) is 0 Å². The van der Waals surface area contributed by atoms with E-state index in [1.807, 2.05) is 32.0 Å². The van der Waals surface area contributed by atoms with Crippen LogP contribution in [0.1, 0.15) is 19.4 Å². The molecule has 0 saturated carbocycles. The van der Waals surface area contributed by atoms with Crippen LogP contribution >= 0.6 is 0 Å². The van der Waals surface area contributed by atoms with Gasteiger partial charge in [-0.25, -0.2) is 0 Å². The number of hydrogen-bond acceptors (Lipinski definition) is 2. The van der Waals surface area contributed by atoms with E-state index in [-0.39, 0.29) is 0 Å². The highest BCUT2D eigenvalue weighted by molar-refractivity contribution is 5.56. The monoisotopic (exact) mass is 189 g/mol. The highest BCUT2D eigenvalue weighted by Crippen LogP contribution is 2.21. The Morgan fingerprint density at radius 3 is 2.79 bits per heavy atom. The lowest BCUT2D eigenvalue weighted by atomic mass is 10.2. The van der Waals surface area contributed by atoms with Gasteiger partial charge >= 0.3 is 0 Å². The maximum absolute atomic E-state index is 5.39. The third kappa shape index (κ3) is 2.43. The zero-order valence-corrected chi connectivity index (χ0v) is 8.63. The lowest BCUT2D eigenvalue weighted by molar-refractivity contribution is 0.339.